The number of carbonyl (C=O) groups excluding carboxylic acids is 2. The highest BCUT2D eigenvalue weighted by molar-refractivity contribution is 6.14. The summed E-state index contributed by atoms with van der Waals surface area (Å²) in [6.07, 6.45) is 0.635. The third-order valence-corrected chi connectivity index (χ3v) is 3.28. The van der Waals surface area contributed by atoms with Crippen LogP contribution in [0.5, 0.6) is 17.2 Å². The van der Waals surface area contributed by atoms with Crippen LogP contribution in [0.2, 0.25) is 0 Å². The first-order chi connectivity index (χ1) is 10.7. The molecule has 2 aromatic carbocycles. The molecule has 0 aliphatic carbocycles. The van der Waals surface area contributed by atoms with Crippen molar-refractivity contribution in [2.24, 2.45) is 0 Å². The Labute approximate surface area is 128 Å². The Kier molecular flexibility index (Phi) is 4.78. The molecule has 2 aromatic rings. The van der Waals surface area contributed by atoms with Crippen LogP contribution in [-0.2, 0) is 0 Å². The van der Waals surface area contributed by atoms with Crippen LogP contribution in [0, 0.1) is 0 Å². The summed E-state index contributed by atoms with van der Waals surface area (Å²) in [5, 5.41) is 0. The van der Waals surface area contributed by atoms with E-state index in [1.54, 1.807) is 36.4 Å². The molecular formula is C17H16O5. The van der Waals surface area contributed by atoms with Crippen molar-refractivity contribution in [3.05, 3.63) is 53.1 Å². The van der Waals surface area contributed by atoms with E-state index >= 15 is 0 Å². The number of ether oxygens (including phenoxy) is 3. The van der Waals surface area contributed by atoms with Crippen molar-refractivity contribution in [1.29, 1.82) is 0 Å². The molecule has 0 N–H and O–H groups in total. The Balaban J connectivity index is 2.55. The van der Waals surface area contributed by atoms with Gasteiger partial charge >= 0.3 is 0 Å². The molecule has 5 nitrogen and oxygen atoms in total. The Hall–Kier alpha value is -2.82. The lowest BCUT2D eigenvalue weighted by atomic mass is 9.97. The summed E-state index contributed by atoms with van der Waals surface area (Å²) < 4.78 is 15.5. The summed E-state index contributed by atoms with van der Waals surface area (Å²) >= 11 is 0. The fourth-order valence-electron chi connectivity index (χ4n) is 2.18. The minimum atomic E-state index is -0.319. The van der Waals surface area contributed by atoms with Gasteiger partial charge in [0.1, 0.15) is 5.75 Å². The van der Waals surface area contributed by atoms with Gasteiger partial charge in [0, 0.05) is 11.1 Å². The predicted octanol–water partition coefficient (Wildman–Crippen LogP) is 2.76. The second kappa shape index (κ2) is 6.76. The molecule has 0 aliphatic rings. The second-order valence-electron chi connectivity index (χ2n) is 4.44. The highest BCUT2D eigenvalue weighted by atomic mass is 16.5. The monoisotopic (exact) mass is 300 g/mol. The molecule has 0 saturated carbocycles. The lowest BCUT2D eigenvalue weighted by molar-refractivity contribution is 0.102. The highest BCUT2D eigenvalue weighted by Crippen LogP contribution is 2.30. The lowest BCUT2D eigenvalue weighted by Crippen LogP contribution is -2.08. The number of aldehydes is 1. The number of carbonyl (C=O) groups is 2. The number of rotatable bonds is 6. The molecule has 0 aromatic heterocycles. The van der Waals surface area contributed by atoms with Gasteiger partial charge in [-0.15, -0.1) is 0 Å². The van der Waals surface area contributed by atoms with E-state index in [9.17, 15) is 9.59 Å². The van der Waals surface area contributed by atoms with Gasteiger partial charge in [0.2, 0.25) is 0 Å². The van der Waals surface area contributed by atoms with Gasteiger partial charge < -0.3 is 14.2 Å². The van der Waals surface area contributed by atoms with Crippen LogP contribution in [0.3, 0.4) is 0 Å². The largest absolute Gasteiger partial charge is 0.496 e. The molecule has 5 heteroatoms. The normalized spacial score (nSPS) is 9.95. The molecule has 2 rings (SSSR count). The first kappa shape index (κ1) is 15.6. The maximum Gasteiger partial charge on any atom is 0.197 e. The fourth-order valence-corrected chi connectivity index (χ4v) is 2.18. The lowest BCUT2D eigenvalue weighted by Gasteiger charge is -2.12. The number of benzene rings is 2. The molecular weight excluding hydrogens is 284 g/mol. The van der Waals surface area contributed by atoms with Crippen LogP contribution < -0.4 is 14.2 Å². The Morgan fingerprint density at radius 1 is 0.909 bits per heavy atom. The molecule has 0 unspecified atom stereocenters. The molecule has 0 bridgehead atoms. The van der Waals surface area contributed by atoms with Gasteiger partial charge in [-0.25, -0.2) is 0 Å². The van der Waals surface area contributed by atoms with Crippen molar-refractivity contribution in [2.75, 3.05) is 21.3 Å². The molecule has 0 radical (unpaired) electrons. The molecule has 0 atom stereocenters. The average molecular weight is 300 g/mol. The number of hydrogen-bond donors (Lipinski definition) is 0. The topological polar surface area (TPSA) is 61.8 Å². The van der Waals surface area contributed by atoms with Gasteiger partial charge in [-0.05, 0) is 24.3 Å². The van der Waals surface area contributed by atoms with E-state index in [0.29, 0.717) is 29.1 Å². The maximum atomic E-state index is 12.7. The van der Waals surface area contributed by atoms with Gasteiger partial charge in [0.15, 0.2) is 23.6 Å². The summed E-state index contributed by atoms with van der Waals surface area (Å²) in [4.78, 5) is 23.9. The minimum Gasteiger partial charge on any atom is -0.496 e. The van der Waals surface area contributed by atoms with Gasteiger partial charge in [0.25, 0.3) is 0 Å². The van der Waals surface area contributed by atoms with Gasteiger partial charge in [-0.2, -0.15) is 0 Å². The van der Waals surface area contributed by atoms with E-state index in [4.69, 9.17) is 14.2 Å². The fraction of sp³-hybridized carbons (Fsp3) is 0.176. The molecule has 114 valence electrons. The van der Waals surface area contributed by atoms with E-state index < -0.39 is 0 Å². The molecule has 0 amide bonds. The molecule has 0 aliphatic heterocycles. The van der Waals surface area contributed by atoms with Crippen LogP contribution in [0.15, 0.2) is 36.4 Å². The van der Waals surface area contributed by atoms with Crippen molar-refractivity contribution in [1.82, 2.24) is 0 Å². The van der Waals surface area contributed by atoms with E-state index in [-0.39, 0.29) is 16.9 Å². The summed E-state index contributed by atoms with van der Waals surface area (Å²) in [6, 6.07) is 9.70. The van der Waals surface area contributed by atoms with Crippen LogP contribution in [0.25, 0.3) is 0 Å². The third kappa shape index (κ3) is 2.79. The van der Waals surface area contributed by atoms with Crippen molar-refractivity contribution < 1.29 is 23.8 Å². The number of methoxy groups -OCH3 is 3. The summed E-state index contributed by atoms with van der Waals surface area (Å²) in [7, 11) is 4.46. The zero-order chi connectivity index (χ0) is 16.1. The zero-order valence-electron chi connectivity index (χ0n) is 12.6. The first-order valence-electron chi connectivity index (χ1n) is 6.55. The van der Waals surface area contributed by atoms with E-state index in [2.05, 4.69) is 0 Å². The minimum absolute atomic E-state index is 0.229. The first-order valence-corrected chi connectivity index (χ1v) is 6.55. The van der Waals surface area contributed by atoms with E-state index in [1.165, 1.54) is 21.3 Å². The quantitative estimate of drug-likeness (QED) is 0.606. The van der Waals surface area contributed by atoms with Crippen LogP contribution >= 0.6 is 0 Å². The summed E-state index contributed by atoms with van der Waals surface area (Å²) in [6.45, 7) is 0. The van der Waals surface area contributed by atoms with Gasteiger partial charge in [-0.1, -0.05) is 12.1 Å². The molecule has 0 fully saturated rings. The SMILES string of the molecule is COc1ccc(C(=O)c2c(C=O)cccc2OC)cc1OC. The van der Waals surface area contributed by atoms with Crippen molar-refractivity contribution in [3.8, 4) is 17.2 Å². The van der Waals surface area contributed by atoms with Crippen LogP contribution in [0.1, 0.15) is 26.3 Å². The number of ketones is 1. The zero-order valence-corrected chi connectivity index (χ0v) is 12.6. The summed E-state index contributed by atoms with van der Waals surface area (Å²) in [5.41, 5.74) is 0.886. The van der Waals surface area contributed by atoms with Crippen LogP contribution in [0.4, 0.5) is 0 Å². The second-order valence-corrected chi connectivity index (χ2v) is 4.44. The van der Waals surface area contributed by atoms with Crippen molar-refractivity contribution >= 4 is 12.1 Å². The van der Waals surface area contributed by atoms with Crippen LogP contribution in [-0.4, -0.2) is 33.4 Å². The van der Waals surface area contributed by atoms with E-state index in [0.717, 1.165) is 0 Å². The number of hydrogen-bond acceptors (Lipinski definition) is 5. The molecule has 0 spiro atoms. The average Bonchev–Trinajstić information content (AvgIpc) is 2.59. The third-order valence-electron chi connectivity index (χ3n) is 3.28. The molecule has 22 heavy (non-hydrogen) atoms. The van der Waals surface area contributed by atoms with Gasteiger partial charge in [0.05, 0.1) is 26.9 Å². The molecule has 0 heterocycles. The maximum absolute atomic E-state index is 12.7. The highest BCUT2D eigenvalue weighted by Gasteiger charge is 2.20. The Morgan fingerprint density at radius 3 is 2.18 bits per heavy atom. The Bertz CT molecular complexity index is 706. The summed E-state index contributed by atoms with van der Waals surface area (Å²) in [5.74, 6) is 0.996. The van der Waals surface area contributed by atoms with Gasteiger partial charge in [-0.3, -0.25) is 9.59 Å². The Morgan fingerprint density at radius 2 is 1.59 bits per heavy atom. The predicted molar refractivity (Wildman–Crippen MR) is 81.4 cm³/mol. The van der Waals surface area contributed by atoms with Crippen molar-refractivity contribution in [3.63, 3.8) is 0 Å². The smallest absolute Gasteiger partial charge is 0.197 e. The standard InChI is InChI=1S/C17H16O5/c1-20-13-8-7-11(9-15(13)22-3)17(19)16-12(10-18)5-4-6-14(16)21-2/h4-10H,1-3H3. The van der Waals surface area contributed by atoms with Crippen molar-refractivity contribution in [2.45, 2.75) is 0 Å². The van der Waals surface area contributed by atoms with E-state index in [1.807, 2.05) is 0 Å². The molecule has 0 saturated heterocycles.